The van der Waals surface area contributed by atoms with Crippen LogP contribution in [-0.2, 0) is 0 Å². The Hall–Kier alpha value is -3.03. The highest BCUT2D eigenvalue weighted by atomic mass is 16.5. The van der Waals surface area contributed by atoms with Gasteiger partial charge in [0.25, 0.3) is 0 Å². The standard InChI is InChI=1S/C19H26N6O2/c1-14(2)21-19(26)25-12-10-24(11-13-25)18-20-9-8-17(23-18)22-15-4-6-16(27-3)7-5-15/h4-9,14H,10-13H2,1-3H3,(H,21,26)(H,20,22,23). The van der Waals surface area contributed by atoms with Crippen LogP contribution < -0.4 is 20.3 Å². The minimum absolute atomic E-state index is 0.0134. The zero-order valence-corrected chi connectivity index (χ0v) is 16.0. The van der Waals surface area contributed by atoms with Crippen LogP contribution in [0.15, 0.2) is 36.5 Å². The molecule has 1 aromatic heterocycles. The van der Waals surface area contributed by atoms with Gasteiger partial charge >= 0.3 is 6.03 Å². The van der Waals surface area contributed by atoms with E-state index in [0.29, 0.717) is 32.1 Å². The third kappa shape index (κ3) is 4.99. The highest BCUT2D eigenvalue weighted by Crippen LogP contribution is 2.20. The Morgan fingerprint density at radius 1 is 1.11 bits per heavy atom. The number of piperazine rings is 1. The molecule has 2 amide bonds. The van der Waals surface area contributed by atoms with Gasteiger partial charge in [-0.3, -0.25) is 0 Å². The number of nitrogens with zero attached hydrogens (tertiary/aromatic N) is 4. The maximum absolute atomic E-state index is 12.1. The molecule has 2 N–H and O–H groups in total. The third-order valence-corrected chi connectivity index (χ3v) is 4.27. The molecule has 0 unspecified atom stereocenters. The Labute approximate surface area is 159 Å². The number of nitrogens with one attached hydrogen (secondary N) is 2. The molecule has 0 spiro atoms. The number of benzene rings is 1. The van der Waals surface area contributed by atoms with Crippen molar-refractivity contribution in [2.45, 2.75) is 19.9 Å². The second-order valence-electron chi connectivity index (χ2n) is 6.67. The van der Waals surface area contributed by atoms with E-state index in [4.69, 9.17) is 4.74 Å². The molecule has 8 heteroatoms. The first-order valence-corrected chi connectivity index (χ1v) is 9.09. The van der Waals surface area contributed by atoms with Gasteiger partial charge in [0.05, 0.1) is 7.11 Å². The van der Waals surface area contributed by atoms with E-state index in [0.717, 1.165) is 17.3 Å². The molecule has 0 saturated carbocycles. The van der Waals surface area contributed by atoms with Crippen molar-refractivity contribution in [2.24, 2.45) is 0 Å². The summed E-state index contributed by atoms with van der Waals surface area (Å²) in [5.74, 6) is 2.20. The van der Waals surface area contributed by atoms with E-state index < -0.39 is 0 Å². The van der Waals surface area contributed by atoms with Gasteiger partial charge in [-0.25, -0.2) is 9.78 Å². The number of carbonyl (C=O) groups is 1. The topological polar surface area (TPSA) is 82.6 Å². The van der Waals surface area contributed by atoms with Gasteiger partial charge in [-0.05, 0) is 44.2 Å². The summed E-state index contributed by atoms with van der Waals surface area (Å²) in [6.45, 7) is 6.64. The summed E-state index contributed by atoms with van der Waals surface area (Å²) >= 11 is 0. The predicted molar refractivity (Wildman–Crippen MR) is 106 cm³/mol. The number of anilines is 3. The van der Waals surface area contributed by atoms with Gasteiger partial charge in [-0.15, -0.1) is 0 Å². The Morgan fingerprint density at radius 2 is 1.81 bits per heavy atom. The lowest BCUT2D eigenvalue weighted by Gasteiger charge is -2.35. The number of carbonyl (C=O) groups excluding carboxylic acids is 1. The van der Waals surface area contributed by atoms with Gasteiger partial charge in [-0.1, -0.05) is 0 Å². The molecule has 0 aliphatic carbocycles. The second kappa shape index (κ2) is 8.57. The number of amides is 2. The Morgan fingerprint density at radius 3 is 2.44 bits per heavy atom. The largest absolute Gasteiger partial charge is 0.497 e. The van der Waals surface area contributed by atoms with Crippen LogP contribution in [0, 0.1) is 0 Å². The first-order chi connectivity index (χ1) is 13.0. The monoisotopic (exact) mass is 370 g/mol. The Bertz CT molecular complexity index is 757. The summed E-state index contributed by atoms with van der Waals surface area (Å²) < 4.78 is 5.17. The summed E-state index contributed by atoms with van der Waals surface area (Å²) in [4.78, 5) is 25.0. The number of urea groups is 1. The zero-order valence-electron chi connectivity index (χ0n) is 16.0. The van der Waals surface area contributed by atoms with Crippen molar-refractivity contribution in [1.29, 1.82) is 0 Å². The molecule has 8 nitrogen and oxygen atoms in total. The molecule has 1 saturated heterocycles. The lowest BCUT2D eigenvalue weighted by molar-refractivity contribution is 0.191. The third-order valence-electron chi connectivity index (χ3n) is 4.27. The molecule has 1 aromatic carbocycles. The average molecular weight is 370 g/mol. The van der Waals surface area contributed by atoms with Crippen LogP contribution in [0.25, 0.3) is 0 Å². The molecular formula is C19H26N6O2. The van der Waals surface area contributed by atoms with Gasteiger partial charge in [0.15, 0.2) is 0 Å². The average Bonchev–Trinajstić information content (AvgIpc) is 2.68. The number of methoxy groups -OCH3 is 1. The summed E-state index contributed by atoms with van der Waals surface area (Å²) in [6, 6.07) is 9.62. The molecule has 144 valence electrons. The van der Waals surface area contributed by atoms with Crippen molar-refractivity contribution in [3.8, 4) is 5.75 Å². The molecule has 1 aliphatic heterocycles. The van der Waals surface area contributed by atoms with Crippen LogP contribution in [-0.4, -0.2) is 60.2 Å². The van der Waals surface area contributed by atoms with Gasteiger partial charge in [0, 0.05) is 44.1 Å². The lowest BCUT2D eigenvalue weighted by Crippen LogP contribution is -2.53. The van der Waals surface area contributed by atoms with Crippen molar-refractivity contribution < 1.29 is 9.53 Å². The maximum atomic E-state index is 12.1. The number of aromatic nitrogens is 2. The van der Waals surface area contributed by atoms with Gasteiger partial charge in [0.1, 0.15) is 11.6 Å². The van der Waals surface area contributed by atoms with Gasteiger partial charge < -0.3 is 25.2 Å². The number of hydrogen-bond donors (Lipinski definition) is 2. The van der Waals surface area contributed by atoms with E-state index in [1.165, 1.54) is 0 Å². The summed E-state index contributed by atoms with van der Waals surface area (Å²) in [6.07, 6.45) is 1.74. The normalized spacial score (nSPS) is 14.2. The van der Waals surface area contributed by atoms with E-state index in [-0.39, 0.29) is 12.1 Å². The SMILES string of the molecule is COc1ccc(Nc2ccnc(N3CCN(C(=O)NC(C)C)CC3)n2)cc1. The fraction of sp³-hybridized carbons (Fsp3) is 0.421. The summed E-state index contributed by atoms with van der Waals surface area (Å²) in [5, 5.41) is 6.21. The number of ether oxygens (including phenoxy) is 1. The molecular weight excluding hydrogens is 344 g/mol. The van der Waals surface area contributed by atoms with E-state index in [2.05, 4.69) is 25.5 Å². The molecule has 0 atom stereocenters. The van der Waals surface area contributed by atoms with Crippen LogP contribution in [0.2, 0.25) is 0 Å². The minimum atomic E-state index is -0.0134. The molecule has 27 heavy (non-hydrogen) atoms. The van der Waals surface area contributed by atoms with Crippen LogP contribution >= 0.6 is 0 Å². The predicted octanol–water partition coefficient (Wildman–Crippen LogP) is 2.47. The first-order valence-electron chi connectivity index (χ1n) is 9.09. The highest BCUT2D eigenvalue weighted by molar-refractivity contribution is 5.74. The Balaban J connectivity index is 1.60. The van der Waals surface area contributed by atoms with Gasteiger partial charge in [-0.2, -0.15) is 4.98 Å². The van der Waals surface area contributed by atoms with Crippen molar-refractivity contribution in [2.75, 3.05) is 43.5 Å². The van der Waals surface area contributed by atoms with Crippen molar-refractivity contribution in [3.63, 3.8) is 0 Å². The van der Waals surface area contributed by atoms with E-state index in [9.17, 15) is 4.79 Å². The van der Waals surface area contributed by atoms with E-state index in [1.54, 1.807) is 13.3 Å². The minimum Gasteiger partial charge on any atom is -0.497 e. The fourth-order valence-electron chi connectivity index (χ4n) is 2.84. The van der Waals surface area contributed by atoms with Crippen LogP contribution in [0.4, 0.5) is 22.2 Å². The molecule has 0 radical (unpaired) electrons. The molecule has 2 aromatic rings. The summed E-state index contributed by atoms with van der Waals surface area (Å²) in [7, 11) is 1.64. The Kier molecular flexibility index (Phi) is 5.95. The van der Waals surface area contributed by atoms with E-state index in [1.807, 2.05) is 49.1 Å². The first kappa shape index (κ1) is 18.8. The quantitative estimate of drug-likeness (QED) is 0.841. The molecule has 1 aliphatic rings. The smallest absolute Gasteiger partial charge is 0.317 e. The van der Waals surface area contributed by atoms with Gasteiger partial charge in [0.2, 0.25) is 5.95 Å². The summed E-state index contributed by atoms with van der Waals surface area (Å²) in [5.41, 5.74) is 0.927. The second-order valence-corrected chi connectivity index (χ2v) is 6.67. The number of rotatable bonds is 5. The number of hydrogen-bond acceptors (Lipinski definition) is 6. The molecule has 2 heterocycles. The van der Waals surface area contributed by atoms with E-state index >= 15 is 0 Å². The van der Waals surface area contributed by atoms with Crippen molar-refractivity contribution in [3.05, 3.63) is 36.5 Å². The zero-order chi connectivity index (χ0) is 19.2. The fourth-order valence-corrected chi connectivity index (χ4v) is 2.84. The van der Waals surface area contributed by atoms with Crippen molar-refractivity contribution in [1.82, 2.24) is 20.2 Å². The molecule has 3 rings (SSSR count). The maximum Gasteiger partial charge on any atom is 0.317 e. The highest BCUT2D eigenvalue weighted by Gasteiger charge is 2.23. The van der Waals surface area contributed by atoms with Crippen LogP contribution in [0.1, 0.15) is 13.8 Å². The molecule has 1 fully saturated rings. The van der Waals surface area contributed by atoms with Crippen LogP contribution in [0.5, 0.6) is 5.75 Å². The van der Waals surface area contributed by atoms with Crippen molar-refractivity contribution >= 4 is 23.5 Å². The lowest BCUT2D eigenvalue weighted by atomic mass is 10.3. The van der Waals surface area contributed by atoms with Crippen LogP contribution in [0.3, 0.4) is 0 Å². The molecule has 0 bridgehead atoms.